The van der Waals surface area contributed by atoms with Gasteiger partial charge in [-0.15, -0.1) is 0 Å². The van der Waals surface area contributed by atoms with Crippen LogP contribution in [0.15, 0.2) is 91.8 Å². The Balaban J connectivity index is 1.33. The second-order valence-electron chi connectivity index (χ2n) is 9.23. The Morgan fingerprint density at radius 1 is 0.811 bits per heavy atom. The third-order valence-electron chi connectivity index (χ3n) is 6.66. The van der Waals surface area contributed by atoms with Gasteiger partial charge in [0.05, 0.1) is 46.1 Å². The van der Waals surface area contributed by atoms with Gasteiger partial charge in [-0.3, -0.25) is 4.79 Å². The molecule has 0 unspecified atom stereocenters. The zero-order valence-electron chi connectivity index (χ0n) is 20.6. The molecule has 0 amide bonds. The van der Waals surface area contributed by atoms with Gasteiger partial charge in [0, 0.05) is 49.1 Å². The maximum atomic E-state index is 12.9. The first-order chi connectivity index (χ1) is 18.2. The lowest BCUT2D eigenvalue weighted by Gasteiger charge is -2.12. The van der Waals surface area contributed by atoms with E-state index in [4.69, 9.17) is 9.97 Å². The van der Waals surface area contributed by atoms with Crippen molar-refractivity contribution >= 4 is 27.9 Å². The number of imidazole rings is 2. The fraction of sp³-hybridized carbons (Fsp3) is 0.167. The summed E-state index contributed by atoms with van der Waals surface area (Å²) in [5.74, 6) is 0.125. The van der Waals surface area contributed by atoms with E-state index in [1.165, 1.54) is 0 Å². The summed E-state index contributed by atoms with van der Waals surface area (Å²) < 4.78 is 4.03. The van der Waals surface area contributed by atoms with E-state index >= 15 is 0 Å². The summed E-state index contributed by atoms with van der Waals surface area (Å²) in [7, 11) is 1.98. The Labute approximate surface area is 214 Å². The van der Waals surface area contributed by atoms with Crippen molar-refractivity contribution in [2.24, 2.45) is 7.05 Å². The second-order valence-corrected chi connectivity index (χ2v) is 9.23. The number of hydrogen-bond acceptors (Lipinski definition) is 5. The molecule has 0 aliphatic carbocycles. The van der Waals surface area contributed by atoms with Crippen molar-refractivity contribution in [3.8, 4) is 22.5 Å². The van der Waals surface area contributed by atoms with Crippen LogP contribution >= 0.6 is 0 Å². The van der Waals surface area contributed by atoms with E-state index < -0.39 is 0 Å². The number of unbranched alkanes of at least 4 members (excludes halogenated alkanes) is 1. The van der Waals surface area contributed by atoms with Gasteiger partial charge in [-0.25, -0.2) is 19.9 Å². The Morgan fingerprint density at radius 2 is 1.65 bits per heavy atom. The number of carbonyl (C=O) groups is 1. The second kappa shape index (κ2) is 9.78. The number of fused-ring (bicyclic) bond motifs is 2. The quantitative estimate of drug-likeness (QED) is 0.192. The normalized spacial score (nSPS) is 11.4. The highest BCUT2D eigenvalue weighted by Gasteiger charge is 2.16. The number of aryl methyl sites for hydroxylation is 2. The summed E-state index contributed by atoms with van der Waals surface area (Å²) in [4.78, 5) is 31.6. The lowest BCUT2D eigenvalue weighted by molar-refractivity contribution is 0.0979. The molecule has 182 valence electrons. The lowest BCUT2D eigenvalue weighted by Crippen LogP contribution is -2.02. The molecule has 3 aromatic carbocycles. The Morgan fingerprint density at radius 3 is 2.49 bits per heavy atom. The first kappa shape index (κ1) is 22.8. The number of hydrogen-bond donors (Lipinski definition) is 0. The lowest BCUT2D eigenvalue weighted by atomic mass is 10.0. The molecule has 3 heterocycles. The molecular formula is C30H26N6O. The van der Waals surface area contributed by atoms with Crippen LogP contribution in [0.25, 0.3) is 44.6 Å². The average molecular weight is 487 g/mol. The van der Waals surface area contributed by atoms with Crippen molar-refractivity contribution in [1.82, 2.24) is 29.1 Å². The predicted octanol–water partition coefficient (Wildman–Crippen LogP) is 6.10. The molecule has 7 nitrogen and oxygen atoms in total. The monoisotopic (exact) mass is 486 g/mol. The van der Waals surface area contributed by atoms with Gasteiger partial charge in [-0.1, -0.05) is 36.4 Å². The van der Waals surface area contributed by atoms with Crippen molar-refractivity contribution in [3.05, 3.63) is 97.3 Å². The van der Waals surface area contributed by atoms with Gasteiger partial charge in [-0.05, 0) is 43.2 Å². The third kappa shape index (κ3) is 4.63. The summed E-state index contributed by atoms with van der Waals surface area (Å²) in [6.07, 6.45) is 9.58. The van der Waals surface area contributed by atoms with Gasteiger partial charge in [0.2, 0.25) is 0 Å². The third-order valence-corrected chi connectivity index (χ3v) is 6.66. The molecule has 0 fully saturated rings. The summed E-state index contributed by atoms with van der Waals surface area (Å²) >= 11 is 0. The zero-order valence-corrected chi connectivity index (χ0v) is 20.6. The van der Waals surface area contributed by atoms with Crippen LogP contribution in [0.2, 0.25) is 0 Å². The summed E-state index contributed by atoms with van der Waals surface area (Å²) in [6.45, 7) is 0.865. The molecule has 0 radical (unpaired) electrons. The first-order valence-electron chi connectivity index (χ1n) is 12.4. The van der Waals surface area contributed by atoms with Crippen molar-refractivity contribution in [3.63, 3.8) is 0 Å². The molecule has 3 aromatic heterocycles. The average Bonchev–Trinajstić information content (AvgIpc) is 3.60. The summed E-state index contributed by atoms with van der Waals surface area (Å²) in [5.41, 5.74) is 7.63. The highest BCUT2D eigenvalue weighted by atomic mass is 16.1. The van der Waals surface area contributed by atoms with Crippen LogP contribution in [0.5, 0.6) is 0 Å². The van der Waals surface area contributed by atoms with E-state index in [2.05, 4.69) is 28.2 Å². The van der Waals surface area contributed by atoms with Crippen LogP contribution < -0.4 is 0 Å². The molecule has 0 atom stereocenters. The molecule has 6 aromatic rings. The fourth-order valence-corrected chi connectivity index (χ4v) is 4.65. The molecule has 0 bridgehead atoms. The number of carbonyl (C=O) groups excluding carboxylic acids is 1. The van der Waals surface area contributed by atoms with E-state index in [0.717, 1.165) is 58.5 Å². The Hall–Kier alpha value is -4.65. The molecule has 0 saturated heterocycles. The van der Waals surface area contributed by atoms with Crippen molar-refractivity contribution < 1.29 is 4.79 Å². The predicted molar refractivity (Wildman–Crippen MR) is 145 cm³/mol. The van der Waals surface area contributed by atoms with Crippen molar-refractivity contribution in [2.75, 3.05) is 0 Å². The molecule has 0 saturated carbocycles. The maximum Gasteiger partial charge on any atom is 0.162 e. The molecule has 0 N–H and O–H groups in total. The summed E-state index contributed by atoms with van der Waals surface area (Å²) in [5, 5.41) is 0. The SMILES string of the molecule is Cn1cnc2cc(-c3nc4ccc(C(=O)CCCCn5ccnc5)cc4nc3-c3ccccc3)ccc21. The van der Waals surface area contributed by atoms with E-state index in [9.17, 15) is 4.79 Å². The molecule has 0 aliphatic heterocycles. The Bertz CT molecular complexity index is 1700. The van der Waals surface area contributed by atoms with Gasteiger partial charge in [0.15, 0.2) is 5.78 Å². The van der Waals surface area contributed by atoms with Crippen LogP contribution in [0.4, 0.5) is 0 Å². The number of aromatic nitrogens is 6. The molecule has 0 spiro atoms. The van der Waals surface area contributed by atoms with E-state index in [-0.39, 0.29) is 5.78 Å². The number of rotatable bonds is 8. The number of nitrogens with zero attached hydrogens (tertiary/aromatic N) is 6. The fourth-order valence-electron chi connectivity index (χ4n) is 4.65. The number of ketones is 1. The molecular weight excluding hydrogens is 460 g/mol. The first-order valence-corrected chi connectivity index (χ1v) is 12.4. The molecule has 7 heteroatoms. The zero-order chi connectivity index (χ0) is 25.2. The highest BCUT2D eigenvalue weighted by molar-refractivity contribution is 5.99. The molecule has 0 aliphatic rings. The molecule has 6 rings (SSSR count). The minimum atomic E-state index is 0.125. The largest absolute Gasteiger partial charge is 0.337 e. The van der Waals surface area contributed by atoms with Crippen LogP contribution in [0, 0.1) is 0 Å². The Kier molecular flexibility index (Phi) is 6.02. The standard InChI is InChI=1S/C30H26N6O/c1-35-20-32-26-18-23(11-13-27(26)35)30-29(21-7-3-2-4-8-21)34-25-17-22(10-12-24(25)33-30)28(37)9-5-6-15-36-16-14-31-19-36/h2-4,7-8,10-14,16-20H,5-6,9,15H2,1H3. The minimum Gasteiger partial charge on any atom is -0.337 e. The van der Waals surface area contributed by atoms with Gasteiger partial charge in [-0.2, -0.15) is 0 Å². The topological polar surface area (TPSA) is 78.5 Å². The number of Topliss-reactive ketones (excluding diaryl/α,β-unsaturated/α-hetero) is 1. The van der Waals surface area contributed by atoms with Crippen LogP contribution in [-0.2, 0) is 13.6 Å². The van der Waals surface area contributed by atoms with Gasteiger partial charge < -0.3 is 9.13 Å². The van der Waals surface area contributed by atoms with Gasteiger partial charge in [0.1, 0.15) is 0 Å². The van der Waals surface area contributed by atoms with Crippen molar-refractivity contribution in [2.45, 2.75) is 25.8 Å². The molecule has 37 heavy (non-hydrogen) atoms. The smallest absolute Gasteiger partial charge is 0.162 e. The van der Waals surface area contributed by atoms with Crippen LogP contribution in [-0.4, -0.2) is 34.9 Å². The van der Waals surface area contributed by atoms with E-state index in [0.29, 0.717) is 17.5 Å². The van der Waals surface area contributed by atoms with Gasteiger partial charge >= 0.3 is 0 Å². The van der Waals surface area contributed by atoms with E-state index in [1.54, 1.807) is 12.5 Å². The maximum absolute atomic E-state index is 12.9. The van der Waals surface area contributed by atoms with Crippen LogP contribution in [0.3, 0.4) is 0 Å². The van der Waals surface area contributed by atoms with Crippen LogP contribution in [0.1, 0.15) is 29.6 Å². The minimum absolute atomic E-state index is 0.125. The summed E-state index contributed by atoms with van der Waals surface area (Å²) in [6, 6.07) is 21.9. The van der Waals surface area contributed by atoms with E-state index in [1.807, 2.05) is 77.2 Å². The van der Waals surface area contributed by atoms with Crippen molar-refractivity contribution in [1.29, 1.82) is 0 Å². The number of benzene rings is 3. The van der Waals surface area contributed by atoms with Gasteiger partial charge in [0.25, 0.3) is 0 Å². The highest BCUT2D eigenvalue weighted by Crippen LogP contribution is 2.32.